The highest BCUT2D eigenvalue weighted by atomic mass is 16.5. The molecule has 0 aliphatic carbocycles. The Balaban J connectivity index is 2.04. The van der Waals surface area contributed by atoms with Crippen molar-refractivity contribution in [3.8, 4) is 6.07 Å². The molecular weight excluding hydrogens is 314 g/mol. The van der Waals surface area contributed by atoms with Crippen molar-refractivity contribution in [1.82, 2.24) is 0 Å². The molecule has 1 atom stereocenters. The molecule has 0 saturated carbocycles. The third kappa shape index (κ3) is 3.24. The summed E-state index contributed by atoms with van der Waals surface area (Å²) in [4.78, 5) is 12.9. The third-order valence-electron chi connectivity index (χ3n) is 4.01. The molecule has 0 bridgehead atoms. The number of carbonyl (C=O) groups is 1. The lowest BCUT2D eigenvalue weighted by molar-refractivity contribution is -0.113. The summed E-state index contributed by atoms with van der Waals surface area (Å²) in [5.74, 6) is -0.467. The lowest BCUT2D eigenvalue weighted by Gasteiger charge is -2.27. The van der Waals surface area contributed by atoms with Gasteiger partial charge in [0.05, 0.1) is 11.5 Å². The SMILES string of the molecule is CC1=C(C(=O)Nc2ccccc2)C(c2ccccc2)C(C#N)=C(N)O1. The standard InChI is InChI=1S/C20H17N3O2/c1-13-17(20(24)23-15-10-6-3-7-11-15)18(14-8-4-2-5-9-14)16(12-21)19(22)25-13/h2-11,18H,22H2,1H3,(H,23,24). The van der Waals surface area contributed by atoms with E-state index >= 15 is 0 Å². The number of rotatable bonds is 3. The number of nitrogens with zero attached hydrogens (tertiary/aromatic N) is 1. The summed E-state index contributed by atoms with van der Waals surface area (Å²) in [5, 5.41) is 12.4. The number of ether oxygens (including phenoxy) is 1. The fraction of sp³-hybridized carbons (Fsp3) is 0.100. The molecule has 0 radical (unpaired) electrons. The van der Waals surface area contributed by atoms with Gasteiger partial charge in [-0.05, 0) is 24.6 Å². The molecule has 1 aliphatic heterocycles. The summed E-state index contributed by atoms with van der Waals surface area (Å²) in [5.41, 5.74) is 7.97. The predicted octanol–water partition coefficient (Wildman–Crippen LogP) is 3.41. The summed E-state index contributed by atoms with van der Waals surface area (Å²) in [6.45, 7) is 1.68. The van der Waals surface area contributed by atoms with Gasteiger partial charge in [0.1, 0.15) is 17.4 Å². The topological polar surface area (TPSA) is 88.1 Å². The van der Waals surface area contributed by atoms with Crippen LogP contribution in [0.25, 0.3) is 0 Å². The van der Waals surface area contributed by atoms with Crippen LogP contribution in [-0.2, 0) is 9.53 Å². The predicted molar refractivity (Wildman–Crippen MR) is 94.9 cm³/mol. The highest BCUT2D eigenvalue weighted by molar-refractivity contribution is 6.06. The second kappa shape index (κ2) is 6.93. The Hall–Kier alpha value is -3.52. The molecule has 5 heteroatoms. The van der Waals surface area contributed by atoms with Gasteiger partial charge >= 0.3 is 0 Å². The molecule has 2 aromatic carbocycles. The summed E-state index contributed by atoms with van der Waals surface area (Å²) < 4.78 is 5.47. The number of hydrogen-bond acceptors (Lipinski definition) is 4. The maximum atomic E-state index is 12.9. The summed E-state index contributed by atoms with van der Waals surface area (Å²) in [6, 6.07) is 20.5. The quantitative estimate of drug-likeness (QED) is 0.902. The van der Waals surface area contributed by atoms with Gasteiger partial charge in [0, 0.05) is 5.69 Å². The lowest BCUT2D eigenvalue weighted by atomic mass is 9.82. The van der Waals surface area contributed by atoms with Crippen LogP contribution in [0.5, 0.6) is 0 Å². The Morgan fingerprint density at radius 1 is 1.12 bits per heavy atom. The minimum Gasteiger partial charge on any atom is -0.445 e. The smallest absolute Gasteiger partial charge is 0.255 e. The monoisotopic (exact) mass is 331 g/mol. The summed E-state index contributed by atoms with van der Waals surface area (Å²) in [7, 11) is 0. The van der Waals surface area contributed by atoms with Crippen LogP contribution in [-0.4, -0.2) is 5.91 Å². The number of allylic oxidation sites excluding steroid dienone is 2. The van der Waals surface area contributed by atoms with Gasteiger partial charge in [-0.25, -0.2) is 0 Å². The normalized spacial score (nSPS) is 16.9. The Morgan fingerprint density at radius 2 is 1.72 bits per heavy atom. The molecule has 3 rings (SSSR count). The second-order valence-electron chi connectivity index (χ2n) is 5.63. The van der Waals surface area contributed by atoms with Crippen LogP contribution in [0.1, 0.15) is 18.4 Å². The maximum Gasteiger partial charge on any atom is 0.255 e. The molecule has 0 saturated heterocycles. The van der Waals surface area contributed by atoms with Gasteiger partial charge < -0.3 is 15.8 Å². The molecule has 124 valence electrons. The van der Waals surface area contributed by atoms with Gasteiger partial charge in [-0.3, -0.25) is 4.79 Å². The molecular formula is C20H17N3O2. The molecule has 25 heavy (non-hydrogen) atoms. The summed E-state index contributed by atoms with van der Waals surface area (Å²) in [6.07, 6.45) is 0. The van der Waals surface area contributed by atoms with Crippen molar-refractivity contribution in [3.63, 3.8) is 0 Å². The molecule has 3 N–H and O–H groups in total. The Kier molecular flexibility index (Phi) is 4.53. The van der Waals surface area contributed by atoms with Crippen molar-refractivity contribution in [1.29, 1.82) is 5.26 Å². The van der Waals surface area contributed by atoms with E-state index in [2.05, 4.69) is 11.4 Å². The van der Waals surface area contributed by atoms with E-state index in [1.807, 2.05) is 48.5 Å². The Morgan fingerprint density at radius 3 is 2.32 bits per heavy atom. The zero-order valence-corrected chi connectivity index (χ0v) is 13.7. The second-order valence-corrected chi connectivity index (χ2v) is 5.63. The third-order valence-corrected chi connectivity index (χ3v) is 4.01. The van der Waals surface area contributed by atoms with Crippen molar-refractivity contribution in [2.75, 3.05) is 5.32 Å². The van der Waals surface area contributed by atoms with Crippen LogP contribution in [0.4, 0.5) is 5.69 Å². The number of amides is 1. The van der Waals surface area contributed by atoms with E-state index in [9.17, 15) is 10.1 Å². The van der Waals surface area contributed by atoms with E-state index in [1.165, 1.54) is 0 Å². The Labute approximate surface area is 146 Å². The van der Waals surface area contributed by atoms with Crippen molar-refractivity contribution in [3.05, 3.63) is 89.0 Å². The highest BCUT2D eigenvalue weighted by Crippen LogP contribution is 2.39. The van der Waals surface area contributed by atoms with E-state index in [-0.39, 0.29) is 17.4 Å². The van der Waals surface area contributed by atoms with Gasteiger partial charge in [-0.1, -0.05) is 48.5 Å². The zero-order valence-electron chi connectivity index (χ0n) is 13.7. The van der Waals surface area contributed by atoms with Crippen molar-refractivity contribution in [2.45, 2.75) is 12.8 Å². The van der Waals surface area contributed by atoms with Crippen LogP contribution in [0.2, 0.25) is 0 Å². The molecule has 0 spiro atoms. The van der Waals surface area contributed by atoms with Crippen LogP contribution in [0, 0.1) is 11.3 Å². The number of anilines is 1. The van der Waals surface area contributed by atoms with E-state index < -0.39 is 5.92 Å². The first-order chi connectivity index (χ1) is 12.1. The van der Waals surface area contributed by atoms with Crippen molar-refractivity contribution >= 4 is 11.6 Å². The number of hydrogen-bond donors (Lipinski definition) is 2. The van der Waals surface area contributed by atoms with Gasteiger partial charge in [0.15, 0.2) is 0 Å². The number of nitriles is 1. The van der Waals surface area contributed by atoms with Gasteiger partial charge in [-0.15, -0.1) is 0 Å². The van der Waals surface area contributed by atoms with Crippen LogP contribution in [0.15, 0.2) is 83.5 Å². The first-order valence-electron chi connectivity index (χ1n) is 7.81. The van der Waals surface area contributed by atoms with Gasteiger partial charge in [0.25, 0.3) is 5.91 Å². The minimum absolute atomic E-state index is 0.0325. The molecule has 1 heterocycles. The molecule has 1 aliphatic rings. The van der Waals surface area contributed by atoms with E-state index in [1.54, 1.807) is 19.1 Å². The molecule has 5 nitrogen and oxygen atoms in total. The Bertz CT molecular complexity index is 894. The molecule has 2 aromatic rings. The average Bonchev–Trinajstić information content (AvgIpc) is 2.62. The van der Waals surface area contributed by atoms with Crippen LogP contribution < -0.4 is 11.1 Å². The maximum absolute atomic E-state index is 12.9. The van der Waals surface area contributed by atoms with Crippen molar-refractivity contribution in [2.24, 2.45) is 5.73 Å². The summed E-state index contributed by atoms with van der Waals surface area (Å²) >= 11 is 0. The lowest BCUT2D eigenvalue weighted by Crippen LogP contribution is -2.27. The van der Waals surface area contributed by atoms with Gasteiger partial charge in [-0.2, -0.15) is 5.26 Å². The number of nitrogens with two attached hydrogens (primary N) is 1. The van der Waals surface area contributed by atoms with E-state index in [0.717, 1.165) is 5.56 Å². The molecule has 1 amide bonds. The molecule has 0 fully saturated rings. The number of nitrogens with one attached hydrogen (secondary N) is 1. The van der Waals surface area contributed by atoms with Gasteiger partial charge in [0.2, 0.25) is 5.88 Å². The number of carbonyl (C=O) groups excluding carboxylic acids is 1. The minimum atomic E-state index is -0.566. The first-order valence-corrected chi connectivity index (χ1v) is 7.81. The first kappa shape index (κ1) is 16.3. The fourth-order valence-electron chi connectivity index (χ4n) is 2.87. The van der Waals surface area contributed by atoms with Crippen LogP contribution >= 0.6 is 0 Å². The molecule has 0 aromatic heterocycles. The number of para-hydroxylation sites is 1. The van der Waals surface area contributed by atoms with Crippen molar-refractivity contribution < 1.29 is 9.53 Å². The highest BCUT2D eigenvalue weighted by Gasteiger charge is 2.35. The zero-order chi connectivity index (χ0) is 17.8. The fourth-order valence-corrected chi connectivity index (χ4v) is 2.87. The van der Waals surface area contributed by atoms with E-state index in [0.29, 0.717) is 17.0 Å². The average molecular weight is 331 g/mol. The molecule has 1 unspecified atom stereocenters. The van der Waals surface area contributed by atoms with E-state index in [4.69, 9.17) is 10.5 Å². The number of benzene rings is 2. The van der Waals surface area contributed by atoms with Crippen LogP contribution in [0.3, 0.4) is 0 Å². The largest absolute Gasteiger partial charge is 0.445 e.